The van der Waals surface area contributed by atoms with Crippen LogP contribution in [0.15, 0.2) is 46.8 Å². The Balaban J connectivity index is 1.75. The van der Waals surface area contributed by atoms with Gasteiger partial charge in [-0.15, -0.1) is 10.2 Å². The number of benzene rings is 2. The van der Waals surface area contributed by atoms with Crippen molar-refractivity contribution in [3.8, 4) is 0 Å². The third-order valence-electron chi connectivity index (χ3n) is 3.96. The van der Waals surface area contributed by atoms with E-state index in [0.29, 0.717) is 22.5 Å². The summed E-state index contributed by atoms with van der Waals surface area (Å²) in [5, 5.41) is 10.1. The number of hydrogen-bond acceptors (Lipinski definition) is 8. The quantitative estimate of drug-likeness (QED) is 0.389. The summed E-state index contributed by atoms with van der Waals surface area (Å²) in [6, 6.07) is 10.9. The highest BCUT2D eigenvalue weighted by Crippen LogP contribution is 2.26. The summed E-state index contributed by atoms with van der Waals surface area (Å²) < 4.78 is 32.3. The Morgan fingerprint density at radius 3 is 2.58 bits per heavy atom. The van der Waals surface area contributed by atoms with Crippen molar-refractivity contribution < 1.29 is 22.7 Å². The molecule has 0 atom stereocenters. The zero-order valence-corrected chi connectivity index (χ0v) is 18.8. The lowest BCUT2D eigenvalue weighted by atomic mass is 10.1. The lowest BCUT2D eigenvalue weighted by molar-refractivity contribution is 0.0526. The standard InChI is InChI=1S/C19H17ClN4O5S2/c1-3-29-17(26)12-8-9-15(11(2)10-12)24-31(27,28)19-23-22-18(30-19)21-16(25)13-6-4-5-7-14(13)20/h4-10,24H,3H2,1-2H3,(H,21,22,25). The van der Waals surface area contributed by atoms with Gasteiger partial charge in [-0.3, -0.25) is 14.8 Å². The molecule has 0 fully saturated rings. The number of halogens is 1. The molecule has 1 amide bonds. The van der Waals surface area contributed by atoms with E-state index in [0.717, 1.165) is 0 Å². The second kappa shape index (κ2) is 9.41. The van der Waals surface area contributed by atoms with Crippen LogP contribution in [0.25, 0.3) is 0 Å². The maximum atomic E-state index is 12.7. The van der Waals surface area contributed by atoms with E-state index in [9.17, 15) is 18.0 Å². The molecule has 1 aromatic heterocycles. The molecule has 0 radical (unpaired) electrons. The van der Waals surface area contributed by atoms with Crippen molar-refractivity contribution in [2.75, 3.05) is 16.6 Å². The molecule has 3 rings (SSSR count). The number of aryl methyl sites for hydroxylation is 1. The van der Waals surface area contributed by atoms with Gasteiger partial charge in [0.05, 0.1) is 28.4 Å². The number of hydrogen-bond donors (Lipinski definition) is 2. The van der Waals surface area contributed by atoms with Crippen LogP contribution in [-0.4, -0.2) is 37.1 Å². The first-order valence-electron chi connectivity index (χ1n) is 8.91. The van der Waals surface area contributed by atoms with Gasteiger partial charge in [-0.05, 0) is 49.7 Å². The van der Waals surface area contributed by atoms with Crippen LogP contribution >= 0.6 is 22.9 Å². The van der Waals surface area contributed by atoms with Crippen molar-refractivity contribution in [3.05, 3.63) is 64.2 Å². The van der Waals surface area contributed by atoms with E-state index in [1.54, 1.807) is 32.0 Å². The summed E-state index contributed by atoms with van der Waals surface area (Å²) in [4.78, 5) is 24.1. The molecule has 0 bridgehead atoms. The number of carbonyl (C=O) groups excluding carboxylic acids is 2. The second-order valence-corrected chi connectivity index (χ2v) is 9.40. The normalized spacial score (nSPS) is 11.1. The number of rotatable bonds is 7. The van der Waals surface area contributed by atoms with Gasteiger partial charge >= 0.3 is 5.97 Å². The zero-order chi connectivity index (χ0) is 22.6. The van der Waals surface area contributed by atoms with Gasteiger partial charge in [0.2, 0.25) is 5.13 Å². The summed E-state index contributed by atoms with van der Waals surface area (Å²) in [7, 11) is -4.07. The van der Waals surface area contributed by atoms with E-state index in [2.05, 4.69) is 20.2 Å². The molecule has 162 valence electrons. The first kappa shape index (κ1) is 22.7. The molecular formula is C19H17ClN4O5S2. The van der Waals surface area contributed by atoms with Gasteiger partial charge in [-0.1, -0.05) is 35.1 Å². The molecule has 3 aromatic rings. The second-order valence-electron chi connectivity index (χ2n) is 6.16. The minimum atomic E-state index is -4.07. The Labute approximate surface area is 187 Å². The molecule has 0 saturated heterocycles. The Bertz CT molecular complexity index is 1240. The fourth-order valence-corrected chi connectivity index (χ4v) is 4.74. The van der Waals surface area contributed by atoms with Crippen molar-refractivity contribution in [1.82, 2.24) is 10.2 Å². The maximum Gasteiger partial charge on any atom is 0.338 e. The summed E-state index contributed by atoms with van der Waals surface area (Å²) in [5.41, 5.74) is 1.32. The van der Waals surface area contributed by atoms with Gasteiger partial charge in [-0.25, -0.2) is 4.79 Å². The molecule has 0 aliphatic carbocycles. The molecule has 0 unspecified atom stereocenters. The largest absolute Gasteiger partial charge is 0.462 e. The van der Waals surface area contributed by atoms with E-state index in [1.165, 1.54) is 24.3 Å². The number of anilines is 2. The molecule has 0 spiro atoms. The van der Waals surface area contributed by atoms with Gasteiger partial charge in [0.25, 0.3) is 20.3 Å². The Hall–Kier alpha value is -3.02. The lowest BCUT2D eigenvalue weighted by Crippen LogP contribution is -2.14. The third-order valence-corrected chi connectivity index (χ3v) is 6.86. The zero-order valence-electron chi connectivity index (χ0n) is 16.4. The van der Waals surface area contributed by atoms with Crippen LogP contribution in [-0.2, 0) is 14.8 Å². The molecule has 0 aliphatic rings. The van der Waals surface area contributed by atoms with E-state index in [1.807, 2.05) is 0 Å². The Kier molecular flexibility index (Phi) is 6.88. The summed E-state index contributed by atoms with van der Waals surface area (Å²) in [6.45, 7) is 3.58. The number of esters is 1. The fourth-order valence-electron chi connectivity index (χ4n) is 2.49. The topological polar surface area (TPSA) is 127 Å². The molecule has 1 heterocycles. The lowest BCUT2D eigenvalue weighted by Gasteiger charge is -2.10. The number of aromatic nitrogens is 2. The fraction of sp³-hybridized carbons (Fsp3) is 0.158. The van der Waals surface area contributed by atoms with Gasteiger partial charge in [0.1, 0.15) is 0 Å². The number of carbonyl (C=O) groups is 2. The number of nitrogens with one attached hydrogen (secondary N) is 2. The molecule has 0 saturated carbocycles. The van der Waals surface area contributed by atoms with Crippen LogP contribution < -0.4 is 10.0 Å². The van der Waals surface area contributed by atoms with Crippen molar-refractivity contribution in [2.24, 2.45) is 0 Å². The van der Waals surface area contributed by atoms with Crippen LogP contribution in [0.2, 0.25) is 5.02 Å². The molecular weight excluding hydrogens is 464 g/mol. The third kappa shape index (κ3) is 5.37. The van der Waals surface area contributed by atoms with Crippen molar-refractivity contribution in [1.29, 1.82) is 0 Å². The highest BCUT2D eigenvalue weighted by atomic mass is 35.5. The van der Waals surface area contributed by atoms with Crippen molar-refractivity contribution in [3.63, 3.8) is 0 Å². The number of sulfonamides is 1. The highest BCUT2D eigenvalue weighted by Gasteiger charge is 2.23. The molecule has 2 aromatic carbocycles. The van der Waals surface area contributed by atoms with Gasteiger partial charge < -0.3 is 4.74 Å². The molecule has 0 aliphatic heterocycles. The molecule has 12 heteroatoms. The van der Waals surface area contributed by atoms with E-state index in [4.69, 9.17) is 16.3 Å². The van der Waals surface area contributed by atoms with E-state index in [-0.39, 0.29) is 32.4 Å². The Morgan fingerprint density at radius 1 is 1.16 bits per heavy atom. The minimum Gasteiger partial charge on any atom is -0.462 e. The van der Waals surface area contributed by atoms with Crippen molar-refractivity contribution >= 4 is 55.7 Å². The highest BCUT2D eigenvalue weighted by molar-refractivity contribution is 7.94. The molecule has 31 heavy (non-hydrogen) atoms. The van der Waals surface area contributed by atoms with E-state index < -0.39 is 21.9 Å². The minimum absolute atomic E-state index is 0.000300. The van der Waals surface area contributed by atoms with Gasteiger partial charge in [-0.2, -0.15) is 8.42 Å². The number of ether oxygens (including phenoxy) is 1. The van der Waals surface area contributed by atoms with Crippen molar-refractivity contribution in [2.45, 2.75) is 18.2 Å². The maximum absolute atomic E-state index is 12.7. The average Bonchev–Trinajstić information content (AvgIpc) is 3.19. The average molecular weight is 481 g/mol. The van der Waals surface area contributed by atoms with Gasteiger partial charge in [0.15, 0.2) is 0 Å². The molecule has 9 nitrogen and oxygen atoms in total. The van der Waals surface area contributed by atoms with Crippen LogP contribution in [0.4, 0.5) is 10.8 Å². The van der Waals surface area contributed by atoms with Crippen LogP contribution in [0, 0.1) is 6.92 Å². The van der Waals surface area contributed by atoms with Gasteiger partial charge in [0, 0.05) is 0 Å². The number of nitrogens with zero attached hydrogens (tertiary/aromatic N) is 2. The predicted molar refractivity (Wildman–Crippen MR) is 117 cm³/mol. The summed E-state index contributed by atoms with van der Waals surface area (Å²) in [6.07, 6.45) is 0. The van der Waals surface area contributed by atoms with Crippen LogP contribution in [0.3, 0.4) is 0 Å². The van der Waals surface area contributed by atoms with Crippen LogP contribution in [0.1, 0.15) is 33.2 Å². The summed E-state index contributed by atoms with van der Waals surface area (Å²) in [5.74, 6) is -1.04. The molecule has 2 N–H and O–H groups in total. The predicted octanol–water partition coefficient (Wildman–Crippen LogP) is 3.73. The first-order chi connectivity index (χ1) is 14.7. The Morgan fingerprint density at radius 2 is 1.90 bits per heavy atom. The monoisotopic (exact) mass is 480 g/mol. The summed E-state index contributed by atoms with van der Waals surface area (Å²) >= 11 is 6.67. The smallest absolute Gasteiger partial charge is 0.338 e. The number of amides is 1. The van der Waals surface area contributed by atoms with Crippen LogP contribution in [0.5, 0.6) is 0 Å². The SMILES string of the molecule is CCOC(=O)c1ccc(NS(=O)(=O)c2nnc(NC(=O)c3ccccc3Cl)s2)c(C)c1. The van der Waals surface area contributed by atoms with E-state index >= 15 is 0 Å². The first-order valence-corrected chi connectivity index (χ1v) is 11.6.